The van der Waals surface area contributed by atoms with Crippen LogP contribution in [0, 0.1) is 12.8 Å². The third-order valence-corrected chi connectivity index (χ3v) is 6.08. The standard InChI is InChI=1S/C19H31N5O2/c1-15-9-17(22(2)21-15)11-23-13-19(14-23)6-5-16(12-26-19)10-20-18(25)24-7-3-4-8-24/h9,16H,3-8,10-14H2,1-2H3,(H,20,25). The van der Waals surface area contributed by atoms with Gasteiger partial charge in [0.25, 0.3) is 0 Å². The first kappa shape index (κ1) is 17.8. The van der Waals surface area contributed by atoms with Gasteiger partial charge in [-0.3, -0.25) is 9.58 Å². The summed E-state index contributed by atoms with van der Waals surface area (Å²) >= 11 is 0. The van der Waals surface area contributed by atoms with E-state index in [-0.39, 0.29) is 11.6 Å². The number of nitrogens with one attached hydrogen (secondary N) is 1. The highest BCUT2D eigenvalue weighted by atomic mass is 16.5. The lowest BCUT2D eigenvalue weighted by Crippen LogP contribution is -2.64. The number of hydrogen-bond acceptors (Lipinski definition) is 4. The van der Waals surface area contributed by atoms with Crippen molar-refractivity contribution in [2.75, 3.05) is 39.3 Å². The van der Waals surface area contributed by atoms with E-state index in [0.29, 0.717) is 5.92 Å². The van der Waals surface area contributed by atoms with E-state index in [1.165, 1.54) is 5.69 Å². The quantitative estimate of drug-likeness (QED) is 0.883. The highest BCUT2D eigenvalue weighted by Crippen LogP contribution is 2.36. The van der Waals surface area contributed by atoms with Gasteiger partial charge in [-0.15, -0.1) is 0 Å². The van der Waals surface area contributed by atoms with E-state index < -0.39 is 0 Å². The molecule has 7 heteroatoms. The molecule has 1 atom stereocenters. The molecule has 0 bridgehead atoms. The van der Waals surface area contributed by atoms with Crippen LogP contribution in [-0.4, -0.2) is 70.5 Å². The molecule has 4 heterocycles. The molecule has 7 nitrogen and oxygen atoms in total. The van der Waals surface area contributed by atoms with Gasteiger partial charge in [0.1, 0.15) is 0 Å². The zero-order valence-corrected chi connectivity index (χ0v) is 16.0. The Hall–Kier alpha value is -1.60. The van der Waals surface area contributed by atoms with Crippen LogP contribution >= 0.6 is 0 Å². The number of ether oxygens (including phenoxy) is 1. The number of aryl methyl sites for hydroxylation is 2. The summed E-state index contributed by atoms with van der Waals surface area (Å²) in [5, 5.41) is 7.52. The van der Waals surface area contributed by atoms with Gasteiger partial charge in [0.2, 0.25) is 0 Å². The zero-order chi connectivity index (χ0) is 18.1. The number of hydrogen-bond donors (Lipinski definition) is 1. The van der Waals surface area contributed by atoms with Gasteiger partial charge in [0.05, 0.1) is 23.6 Å². The van der Waals surface area contributed by atoms with Crippen molar-refractivity contribution in [1.82, 2.24) is 24.9 Å². The number of amides is 2. The van der Waals surface area contributed by atoms with Gasteiger partial charge in [-0.2, -0.15) is 5.10 Å². The largest absolute Gasteiger partial charge is 0.372 e. The fraction of sp³-hybridized carbons (Fsp3) is 0.789. The first-order chi connectivity index (χ1) is 12.5. The topological polar surface area (TPSA) is 62.6 Å². The number of carbonyl (C=O) groups is 1. The van der Waals surface area contributed by atoms with Crippen LogP contribution in [0.5, 0.6) is 0 Å². The first-order valence-corrected chi connectivity index (χ1v) is 9.92. The van der Waals surface area contributed by atoms with Gasteiger partial charge in [-0.05, 0) is 44.6 Å². The Balaban J connectivity index is 1.17. The lowest BCUT2D eigenvalue weighted by atomic mass is 9.83. The second kappa shape index (κ2) is 7.19. The van der Waals surface area contributed by atoms with Crippen LogP contribution in [0.4, 0.5) is 4.79 Å². The maximum Gasteiger partial charge on any atom is 0.317 e. The van der Waals surface area contributed by atoms with Crippen molar-refractivity contribution in [3.05, 3.63) is 17.5 Å². The Labute approximate surface area is 155 Å². The van der Waals surface area contributed by atoms with Crippen molar-refractivity contribution < 1.29 is 9.53 Å². The molecular weight excluding hydrogens is 330 g/mol. The number of carbonyl (C=O) groups excluding carboxylic acids is 1. The van der Waals surface area contributed by atoms with E-state index in [0.717, 1.165) is 77.3 Å². The molecular formula is C19H31N5O2. The summed E-state index contributed by atoms with van der Waals surface area (Å²) in [5.74, 6) is 0.445. The second-order valence-electron chi connectivity index (χ2n) is 8.32. The fourth-order valence-electron chi connectivity index (χ4n) is 4.51. The molecule has 3 fully saturated rings. The van der Waals surface area contributed by atoms with Crippen LogP contribution in [0.3, 0.4) is 0 Å². The summed E-state index contributed by atoms with van der Waals surface area (Å²) in [7, 11) is 2.01. The van der Waals surface area contributed by atoms with E-state index in [1.54, 1.807) is 0 Å². The predicted molar refractivity (Wildman–Crippen MR) is 98.8 cm³/mol. The average molecular weight is 361 g/mol. The number of urea groups is 1. The summed E-state index contributed by atoms with van der Waals surface area (Å²) in [6.45, 7) is 8.30. The number of aromatic nitrogens is 2. The maximum absolute atomic E-state index is 12.1. The Morgan fingerprint density at radius 2 is 2.15 bits per heavy atom. The van der Waals surface area contributed by atoms with Crippen molar-refractivity contribution in [3.8, 4) is 0 Å². The lowest BCUT2D eigenvalue weighted by molar-refractivity contribution is -0.181. The normalized spacial score (nSPS) is 25.5. The Morgan fingerprint density at radius 1 is 1.38 bits per heavy atom. The Morgan fingerprint density at radius 3 is 2.77 bits per heavy atom. The van der Waals surface area contributed by atoms with Crippen LogP contribution in [0.25, 0.3) is 0 Å². The molecule has 1 N–H and O–H groups in total. The van der Waals surface area contributed by atoms with E-state index >= 15 is 0 Å². The first-order valence-electron chi connectivity index (χ1n) is 9.92. The summed E-state index contributed by atoms with van der Waals surface area (Å²) in [6.07, 6.45) is 4.51. The van der Waals surface area contributed by atoms with Gasteiger partial charge in [0.15, 0.2) is 0 Å². The summed E-state index contributed by atoms with van der Waals surface area (Å²) < 4.78 is 8.22. The SMILES string of the molecule is Cc1cc(CN2CC3(CCC(CNC(=O)N4CCCC4)CO3)C2)n(C)n1. The molecule has 3 aliphatic heterocycles. The number of rotatable bonds is 4. The minimum Gasteiger partial charge on any atom is -0.372 e. The fourth-order valence-corrected chi connectivity index (χ4v) is 4.51. The molecule has 0 aromatic carbocycles. The van der Waals surface area contributed by atoms with Gasteiger partial charge >= 0.3 is 6.03 Å². The van der Waals surface area contributed by atoms with Gasteiger partial charge in [-0.25, -0.2) is 4.79 Å². The molecule has 3 aliphatic rings. The molecule has 3 saturated heterocycles. The van der Waals surface area contributed by atoms with Crippen LogP contribution in [0.1, 0.15) is 37.1 Å². The third-order valence-electron chi connectivity index (χ3n) is 6.08. The molecule has 0 aliphatic carbocycles. The van der Waals surface area contributed by atoms with Crippen LogP contribution < -0.4 is 5.32 Å². The molecule has 1 unspecified atom stereocenters. The predicted octanol–water partition coefficient (Wildman–Crippen LogP) is 1.51. The minimum absolute atomic E-state index is 0.0447. The van der Waals surface area contributed by atoms with Crippen LogP contribution in [0.15, 0.2) is 6.07 Å². The number of nitrogens with zero attached hydrogens (tertiary/aromatic N) is 4. The minimum atomic E-state index is 0.0447. The maximum atomic E-state index is 12.1. The lowest BCUT2D eigenvalue weighted by Gasteiger charge is -2.53. The van der Waals surface area contributed by atoms with Gasteiger partial charge in [0, 0.05) is 46.3 Å². The molecule has 26 heavy (non-hydrogen) atoms. The highest BCUT2D eigenvalue weighted by Gasteiger charge is 2.46. The summed E-state index contributed by atoms with van der Waals surface area (Å²) in [5.41, 5.74) is 2.38. The zero-order valence-electron chi connectivity index (χ0n) is 16.0. The Bertz CT molecular complexity index is 636. The molecule has 144 valence electrons. The molecule has 0 saturated carbocycles. The molecule has 4 rings (SSSR count). The van der Waals surface area contributed by atoms with Crippen LogP contribution in [-0.2, 0) is 18.3 Å². The van der Waals surface area contributed by atoms with E-state index in [9.17, 15) is 4.79 Å². The molecule has 1 aromatic heterocycles. The van der Waals surface area contributed by atoms with Gasteiger partial charge in [-0.1, -0.05) is 0 Å². The van der Waals surface area contributed by atoms with Crippen molar-refractivity contribution in [2.45, 2.75) is 44.8 Å². The van der Waals surface area contributed by atoms with Crippen molar-refractivity contribution in [1.29, 1.82) is 0 Å². The monoisotopic (exact) mass is 361 g/mol. The third kappa shape index (κ3) is 3.74. The second-order valence-corrected chi connectivity index (χ2v) is 8.32. The van der Waals surface area contributed by atoms with E-state index in [2.05, 4.69) is 21.4 Å². The number of likely N-dealkylation sites (tertiary alicyclic amines) is 2. The molecule has 1 aromatic rings. The molecule has 2 amide bonds. The van der Waals surface area contributed by atoms with E-state index in [4.69, 9.17) is 4.74 Å². The van der Waals surface area contributed by atoms with Crippen LogP contribution in [0.2, 0.25) is 0 Å². The summed E-state index contributed by atoms with van der Waals surface area (Å²) in [4.78, 5) is 16.5. The average Bonchev–Trinajstić information content (AvgIpc) is 3.23. The van der Waals surface area contributed by atoms with Crippen molar-refractivity contribution in [2.24, 2.45) is 13.0 Å². The Kier molecular flexibility index (Phi) is 4.92. The molecule has 1 spiro atoms. The van der Waals surface area contributed by atoms with Crippen molar-refractivity contribution >= 4 is 6.03 Å². The highest BCUT2D eigenvalue weighted by molar-refractivity contribution is 5.74. The smallest absolute Gasteiger partial charge is 0.317 e. The van der Waals surface area contributed by atoms with Gasteiger partial charge < -0.3 is 15.0 Å². The van der Waals surface area contributed by atoms with Crippen molar-refractivity contribution in [3.63, 3.8) is 0 Å². The van der Waals surface area contributed by atoms with E-state index in [1.807, 2.05) is 23.6 Å². The molecule has 0 radical (unpaired) electrons. The summed E-state index contributed by atoms with van der Waals surface area (Å²) in [6, 6.07) is 2.26.